The van der Waals surface area contributed by atoms with Gasteiger partial charge >= 0.3 is 0 Å². The molecule has 0 aromatic carbocycles. The third kappa shape index (κ3) is 3.47. The molecule has 4 rings (SSSR count). The number of aromatic nitrogens is 4. The average Bonchev–Trinajstić information content (AvgIpc) is 3.19. The zero-order chi connectivity index (χ0) is 18.1. The Labute approximate surface area is 156 Å². The molecule has 1 saturated heterocycles. The molecular formula is C18H22N6OS. The normalized spacial score (nSPS) is 18.3. The summed E-state index contributed by atoms with van der Waals surface area (Å²) in [5.41, 5.74) is 1.91. The van der Waals surface area contributed by atoms with Gasteiger partial charge in [-0.05, 0) is 31.5 Å². The number of thiazole rings is 1. The maximum Gasteiger partial charge on any atom is 0.223 e. The third-order valence-corrected chi connectivity index (χ3v) is 5.68. The van der Waals surface area contributed by atoms with Crippen LogP contribution in [0.5, 0.6) is 0 Å². The molecule has 0 bridgehead atoms. The highest BCUT2D eigenvalue weighted by atomic mass is 32.1. The largest absolute Gasteiger partial charge is 0.329 e. The summed E-state index contributed by atoms with van der Waals surface area (Å²) >= 11 is 1.54. The molecule has 8 heteroatoms. The van der Waals surface area contributed by atoms with Gasteiger partial charge in [0.1, 0.15) is 5.82 Å². The monoisotopic (exact) mass is 370 g/mol. The number of piperidine rings is 1. The maximum atomic E-state index is 11.1. The SMILES string of the molecule is CC(=O)Nc1ncc(CN2CCCC(c3nc4ncccc4n3C)C2)s1. The molecule has 136 valence electrons. The molecule has 3 aromatic heterocycles. The highest BCUT2D eigenvalue weighted by molar-refractivity contribution is 7.15. The van der Waals surface area contributed by atoms with Crippen molar-refractivity contribution < 1.29 is 4.79 Å². The Morgan fingerprint density at radius 3 is 3.12 bits per heavy atom. The van der Waals surface area contributed by atoms with Crippen molar-refractivity contribution >= 4 is 33.5 Å². The molecule has 1 atom stereocenters. The van der Waals surface area contributed by atoms with E-state index in [4.69, 9.17) is 4.98 Å². The first kappa shape index (κ1) is 17.1. The number of amides is 1. The van der Waals surface area contributed by atoms with E-state index in [1.165, 1.54) is 11.8 Å². The summed E-state index contributed by atoms with van der Waals surface area (Å²) in [6.45, 7) is 4.41. The average molecular weight is 370 g/mol. The number of carbonyl (C=O) groups is 1. The number of nitrogens with one attached hydrogen (secondary N) is 1. The van der Waals surface area contributed by atoms with Crippen molar-refractivity contribution in [3.63, 3.8) is 0 Å². The minimum atomic E-state index is -0.0839. The Morgan fingerprint density at radius 1 is 1.42 bits per heavy atom. The molecule has 1 aliphatic rings. The number of fused-ring (bicyclic) bond motifs is 1. The molecular weight excluding hydrogens is 348 g/mol. The lowest BCUT2D eigenvalue weighted by atomic mass is 9.97. The van der Waals surface area contributed by atoms with Gasteiger partial charge in [-0.1, -0.05) is 0 Å². The summed E-state index contributed by atoms with van der Waals surface area (Å²) in [5.74, 6) is 1.44. The van der Waals surface area contributed by atoms with Crippen molar-refractivity contribution in [1.29, 1.82) is 0 Å². The fourth-order valence-electron chi connectivity index (χ4n) is 3.63. The van der Waals surface area contributed by atoms with E-state index in [1.54, 1.807) is 17.5 Å². The van der Waals surface area contributed by atoms with Crippen LogP contribution in [0.1, 0.15) is 36.4 Å². The second-order valence-electron chi connectivity index (χ2n) is 6.76. The van der Waals surface area contributed by atoms with E-state index in [-0.39, 0.29) is 5.91 Å². The Bertz CT molecular complexity index is 933. The van der Waals surface area contributed by atoms with Crippen molar-refractivity contribution in [2.75, 3.05) is 18.4 Å². The highest BCUT2D eigenvalue weighted by Gasteiger charge is 2.26. The van der Waals surface area contributed by atoms with Crippen LogP contribution in [-0.4, -0.2) is 43.4 Å². The molecule has 0 saturated carbocycles. The molecule has 0 aliphatic carbocycles. The number of likely N-dealkylation sites (tertiary alicyclic amines) is 1. The molecule has 1 amide bonds. The molecule has 3 aromatic rings. The Hall–Kier alpha value is -2.32. The lowest BCUT2D eigenvalue weighted by molar-refractivity contribution is -0.114. The summed E-state index contributed by atoms with van der Waals surface area (Å²) in [4.78, 5) is 28.2. The number of carbonyl (C=O) groups excluding carboxylic acids is 1. The van der Waals surface area contributed by atoms with Gasteiger partial charge in [0.05, 0.1) is 5.52 Å². The smallest absolute Gasteiger partial charge is 0.223 e. The van der Waals surface area contributed by atoms with Gasteiger partial charge in [0.2, 0.25) is 5.91 Å². The summed E-state index contributed by atoms with van der Waals surface area (Å²) in [6.07, 6.45) is 5.95. The van der Waals surface area contributed by atoms with Crippen LogP contribution in [-0.2, 0) is 18.4 Å². The van der Waals surface area contributed by atoms with Crippen molar-refractivity contribution in [3.8, 4) is 0 Å². The molecule has 1 aliphatic heterocycles. The van der Waals surface area contributed by atoms with Gasteiger partial charge in [0, 0.05) is 50.2 Å². The van der Waals surface area contributed by atoms with Crippen LogP contribution < -0.4 is 5.32 Å². The van der Waals surface area contributed by atoms with Crippen LogP contribution in [0.3, 0.4) is 0 Å². The number of aryl methyl sites for hydroxylation is 1. The van der Waals surface area contributed by atoms with Gasteiger partial charge in [-0.15, -0.1) is 11.3 Å². The van der Waals surface area contributed by atoms with Crippen molar-refractivity contribution in [1.82, 2.24) is 24.4 Å². The summed E-state index contributed by atoms with van der Waals surface area (Å²) in [5, 5.41) is 3.42. The van der Waals surface area contributed by atoms with Gasteiger partial charge in [0.15, 0.2) is 10.8 Å². The number of pyridine rings is 1. The molecule has 1 fully saturated rings. The fourth-order valence-corrected chi connectivity index (χ4v) is 4.53. The standard InChI is InChI=1S/C18H22N6OS/c1-12(25)21-18-20-9-14(26-18)11-24-8-4-5-13(10-24)17-22-16-15(23(17)2)6-3-7-19-16/h3,6-7,9,13H,4-5,8,10-11H2,1-2H3,(H,20,21,25). The molecule has 1 N–H and O–H groups in total. The van der Waals surface area contributed by atoms with Crippen LogP contribution in [0.4, 0.5) is 5.13 Å². The van der Waals surface area contributed by atoms with E-state index in [2.05, 4.69) is 37.9 Å². The Morgan fingerprint density at radius 2 is 2.31 bits per heavy atom. The molecule has 7 nitrogen and oxygen atoms in total. The number of rotatable bonds is 4. The van der Waals surface area contributed by atoms with Gasteiger partial charge in [-0.3, -0.25) is 9.69 Å². The van der Waals surface area contributed by atoms with E-state index >= 15 is 0 Å². The minimum absolute atomic E-state index is 0.0839. The number of hydrogen-bond acceptors (Lipinski definition) is 6. The second-order valence-corrected chi connectivity index (χ2v) is 7.88. The quantitative estimate of drug-likeness (QED) is 0.764. The summed E-state index contributed by atoms with van der Waals surface area (Å²) < 4.78 is 2.18. The van der Waals surface area contributed by atoms with Crippen LogP contribution >= 0.6 is 11.3 Å². The van der Waals surface area contributed by atoms with Crippen molar-refractivity contribution in [2.24, 2.45) is 7.05 Å². The zero-order valence-corrected chi connectivity index (χ0v) is 15.8. The van der Waals surface area contributed by atoms with E-state index in [1.807, 2.05) is 12.3 Å². The topological polar surface area (TPSA) is 75.9 Å². The van der Waals surface area contributed by atoms with Gasteiger partial charge in [0.25, 0.3) is 0 Å². The Balaban J connectivity index is 1.47. The highest BCUT2D eigenvalue weighted by Crippen LogP contribution is 2.29. The predicted octanol–water partition coefficient (Wildman–Crippen LogP) is 2.76. The van der Waals surface area contributed by atoms with Crippen LogP contribution in [0.2, 0.25) is 0 Å². The first-order chi connectivity index (χ1) is 12.6. The van der Waals surface area contributed by atoms with E-state index in [9.17, 15) is 4.79 Å². The lowest BCUT2D eigenvalue weighted by Gasteiger charge is -2.31. The molecule has 0 spiro atoms. The van der Waals surface area contributed by atoms with E-state index in [0.717, 1.165) is 49.5 Å². The number of anilines is 1. The summed E-state index contributed by atoms with van der Waals surface area (Å²) in [7, 11) is 2.08. The van der Waals surface area contributed by atoms with Gasteiger partial charge in [-0.2, -0.15) is 0 Å². The van der Waals surface area contributed by atoms with Crippen LogP contribution in [0.25, 0.3) is 11.2 Å². The van der Waals surface area contributed by atoms with E-state index in [0.29, 0.717) is 11.0 Å². The first-order valence-corrected chi connectivity index (χ1v) is 9.64. The van der Waals surface area contributed by atoms with E-state index < -0.39 is 0 Å². The molecule has 4 heterocycles. The van der Waals surface area contributed by atoms with Gasteiger partial charge in [-0.25, -0.2) is 15.0 Å². The van der Waals surface area contributed by atoms with Crippen LogP contribution in [0, 0.1) is 0 Å². The number of nitrogens with zero attached hydrogens (tertiary/aromatic N) is 5. The first-order valence-electron chi connectivity index (χ1n) is 8.82. The Kier molecular flexibility index (Phi) is 4.69. The lowest BCUT2D eigenvalue weighted by Crippen LogP contribution is -2.34. The molecule has 26 heavy (non-hydrogen) atoms. The number of hydrogen-bond donors (Lipinski definition) is 1. The molecule has 0 radical (unpaired) electrons. The van der Waals surface area contributed by atoms with Crippen LogP contribution in [0.15, 0.2) is 24.5 Å². The van der Waals surface area contributed by atoms with Crippen molar-refractivity contribution in [3.05, 3.63) is 35.2 Å². The fraction of sp³-hybridized carbons (Fsp3) is 0.444. The maximum absolute atomic E-state index is 11.1. The molecule has 1 unspecified atom stereocenters. The van der Waals surface area contributed by atoms with Gasteiger partial charge < -0.3 is 9.88 Å². The summed E-state index contributed by atoms with van der Waals surface area (Å²) in [6, 6.07) is 4.03. The van der Waals surface area contributed by atoms with Crippen molar-refractivity contribution in [2.45, 2.75) is 32.2 Å². The second kappa shape index (κ2) is 7.13. The third-order valence-electron chi connectivity index (χ3n) is 4.78. The number of imidazole rings is 1. The minimum Gasteiger partial charge on any atom is -0.329 e. The predicted molar refractivity (Wildman–Crippen MR) is 102 cm³/mol. The zero-order valence-electron chi connectivity index (χ0n) is 15.0.